The molecule has 3 nitrogen and oxygen atoms in total. The molecule has 0 amide bonds. The Bertz CT molecular complexity index is 631. The third kappa shape index (κ3) is 1.92. The molecular weight excluding hydrogens is 288 g/mol. The molecular formula is C20H26O3. The average molecular weight is 314 g/mol. The van der Waals surface area contributed by atoms with Crippen molar-refractivity contribution < 1.29 is 14.3 Å². The highest BCUT2D eigenvalue weighted by Crippen LogP contribution is 2.63. The summed E-state index contributed by atoms with van der Waals surface area (Å²) in [6.45, 7) is 4.46. The van der Waals surface area contributed by atoms with E-state index in [9.17, 15) is 9.59 Å². The summed E-state index contributed by atoms with van der Waals surface area (Å²) < 4.78 is 5.79. The molecule has 4 rings (SSSR count). The molecule has 0 unspecified atom stereocenters. The van der Waals surface area contributed by atoms with Gasteiger partial charge in [0.25, 0.3) is 0 Å². The molecule has 0 aliphatic heterocycles. The molecule has 0 saturated heterocycles. The first-order valence-electron chi connectivity index (χ1n) is 8.91. The maximum atomic E-state index is 12.5. The Morgan fingerprint density at radius 1 is 1.17 bits per heavy atom. The highest BCUT2D eigenvalue weighted by molar-refractivity contribution is 6.01. The van der Waals surface area contributed by atoms with E-state index < -0.39 is 0 Å². The van der Waals surface area contributed by atoms with Crippen molar-refractivity contribution in [3.05, 3.63) is 23.8 Å². The first-order valence-corrected chi connectivity index (χ1v) is 8.91. The molecule has 4 aliphatic rings. The number of carbonyl (C=O) groups excluding carboxylic acids is 2. The molecule has 124 valence electrons. The third-order valence-corrected chi connectivity index (χ3v) is 7.55. The summed E-state index contributed by atoms with van der Waals surface area (Å²) in [7, 11) is 1.75. The monoisotopic (exact) mass is 314 g/mol. The van der Waals surface area contributed by atoms with E-state index in [0.29, 0.717) is 23.5 Å². The normalized spacial score (nSPS) is 48.6. The lowest BCUT2D eigenvalue weighted by Crippen LogP contribution is -2.53. The Morgan fingerprint density at radius 2 is 1.96 bits per heavy atom. The molecule has 0 aromatic carbocycles. The number of allylic oxidation sites excluding steroid dienone is 3. The van der Waals surface area contributed by atoms with Gasteiger partial charge >= 0.3 is 0 Å². The summed E-state index contributed by atoms with van der Waals surface area (Å²) in [4.78, 5) is 24.4. The molecule has 0 aromatic rings. The minimum Gasteiger partial charge on any atom is -0.377 e. The lowest BCUT2D eigenvalue weighted by atomic mass is 9.48. The fraction of sp³-hybridized carbons (Fsp3) is 0.700. The van der Waals surface area contributed by atoms with Crippen molar-refractivity contribution in [3.8, 4) is 0 Å². The molecule has 6 atom stereocenters. The van der Waals surface area contributed by atoms with E-state index in [-0.39, 0.29) is 22.7 Å². The largest absolute Gasteiger partial charge is 0.377 e. The maximum absolute atomic E-state index is 12.5. The van der Waals surface area contributed by atoms with Crippen molar-refractivity contribution in [1.82, 2.24) is 0 Å². The number of carbonyl (C=O) groups is 2. The molecule has 0 spiro atoms. The maximum Gasteiger partial charge on any atom is 0.178 e. The van der Waals surface area contributed by atoms with Gasteiger partial charge < -0.3 is 4.74 Å². The highest BCUT2D eigenvalue weighted by Gasteiger charge is 2.60. The van der Waals surface area contributed by atoms with Crippen LogP contribution in [0.2, 0.25) is 0 Å². The molecule has 23 heavy (non-hydrogen) atoms. The van der Waals surface area contributed by atoms with E-state index in [2.05, 4.69) is 19.9 Å². The first kappa shape index (κ1) is 15.3. The van der Waals surface area contributed by atoms with Crippen molar-refractivity contribution in [2.75, 3.05) is 7.11 Å². The minimum absolute atomic E-state index is 0.00759. The molecule has 0 radical (unpaired) electrons. The molecule has 3 saturated carbocycles. The van der Waals surface area contributed by atoms with Crippen molar-refractivity contribution in [2.45, 2.75) is 52.1 Å². The smallest absolute Gasteiger partial charge is 0.178 e. The number of fused-ring (bicyclic) bond motifs is 5. The first-order chi connectivity index (χ1) is 10.9. The predicted molar refractivity (Wildman–Crippen MR) is 87.8 cm³/mol. The van der Waals surface area contributed by atoms with E-state index >= 15 is 0 Å². The Hall–Kier alpha value is -1.22. The third-order valence-electron chi connectivity index (χ3n) is 7.55. The van der Waals surface area contributed by atoms with E-state index in [1.165, 1.54) is 0 Å². The van der Waals surface area contributed by atoms with Crippen LogP contribution in [0.3, 0.4) is 0 Å². The molecule has 4 aliphatic carbocycles. The van der Waals surface area contributed by atoms with Crippen LogP contribution in [0.15, 0.2) is 23.8 Å². The predicted octanol–water partition coefficient (Wildman–Crippen LogP) is 3.49. The van der Waals surface area contributed by atoms with Gasteiger partial charge in [-0.15, -0.1) is 0 Å². The van der Waals surface area contributed by atoms with Crippen LogP contribution in [0.25, 0.3) is 0 Å². The second-order valence-corrected chi connectivity index (χ2v) is 8.37. The van der Waals surface area contributed by atoms with Gasteiger partial charge in [-0.1, -0.05) is 19.9 Å². The van der Waals surface area contributed by atoms with Gasteiger partial charge in [-0.2, -0.15) is 0 Å². The lowest BCUT2D eigenvalue weighted by molar-refractivity contribution is -0.133. The van der Waals surface area contributed by atoms with Gasteiger partial charge in [-0.25, -0.2) is 0 Å². The Kier molecular flexibility index (Phi) is 3.26. The molecule has 3 heteroatoms. The summed E-state index contributed by atoms with van der Waals surface area (Å²) in [5.74, 6) is 2.07. The molecule has 3 fully saturated rings. The van der Waals surface area contributed by atoms with E-state index in [1.807, 2.05) is 0 Å². The van der Waals surface area contributed by atoms with Crippen LogP contribution < -0.4 is 0 Å². The van der Waals surface area contributed by atoms with Gasteiger partial charge in [0.15, 0.2) is 5.78 Å². The summed E-state index contributed by atoms with van der Waals surface area (Å²) in [6.07, 6.45) is 10.5. The zero-order chi connectivity index (χ0) is 16.4. The Balaban J connectivity index is 1.77. The average Bonchev–Trinajstić information content (AvgIpc) is 2.83. The molecule has 0 N–H and O–H groups in total. The Labute approximate surface area is 138 Å². The SMILES string of the molecule is CO[C@H]1C[C@@H]2[C@H](CC[C@]3(C)C(=O)CC[C@@H]23)[C@@]2(C)C=CC(=O)C=C12. The summed E-state index contributed by atoms with van der Waals surface area (Å²) in [5, 5.41) is 0. The fourth-order valence-electron chi connectivity index (χ4n) is 6.22. The Morgan fingerprint density at radius 3 is 2.70 bits per heavy atom. The zero-order valence-corrected chi connectivity index (χ0v) is 14.3. The van der Waals surface area contributed by atoms with E-state index in [1.54, 1.807) is 19.3 Å². The van der Waals surface area contributed by atoms with Crippen LogP contribution in [-0.4, -0.2) is 24.8 Å². The lowest BCUT2D eigenvalue weighted by Gasteiger charge is -2.57. The minimum atomic E-state index is -0.120. The van der Waals surface area contributed by atoms with Gasteiger partial charge in [0, 0.05) is 24.4 Å². The molecule has 0 bridgehead atoms. The number of hydrogen-bond donors (Lipinski definition) is 0. The highest BCUT2D eigenvalue weighted by atomic mass is 16.5. The van der Waals surface area contributed by atoms with Crippen LogP contribution in [0.1, 0.15) is 46.0 Å². The van der Waals surface area contributed by atoms with Crippen LogP contribution in [0.5, 0.6) is 0 Å². The summed E-state index contributed by atoms with van der Waals surface area (Å²) in [5.41, 5.74) is 0.942. The van der Waals surface area contributed by atoms with Crippen LogP contribution >= 0.6 is 0 Å². The quantitative estimate of drug-likeness (QED) is 0.744. The van der Waals surface area contributed by atoms with Crippen molar-refractivity contribution >= 4 is 11.6 Å². The van der Waals surface area contributed by atoms with Gasteiger partial charge in [-0.05, 0) is 61.2 Å². The van der Waals surface area contributed by atoms with Crippen molar-refractivity contribution in [1.29, 1.82) is 0 Å². The zero-order valence-electron chi connectivity index (χ0n) is 14.3. The summed E-state index contributed by atoms with van der Waals surface area (Å²) in [6, 6.07) is 0. The van der Waals surface area contributed by atoms with Gasteiger partial charge in [0.2, 0.25) is 0 Å². The van der Waals surface area contributed by atoms with Crippen LogP contribution in [-0.2, 0) is 14.3 Å². The second kappa shape index (κ2) is 4.89. The number of ether oxygens (including phenoxy) is 1. The van der Waals surface area contributed by atoms with Crippen molar-refractivity contribution in [2.24, 2.45) is 28.6 Å². The number of hydrogen-bond acceptors (Lipinski definition) is 3. The second-order valence-electron chi connectivity index (χ2n) is 8.37. The van der Waals surface area contributed by atoms with Gasteiger partial charge in [0.05, 0.1) is 6.10 Å². The number of rotatable bonds is 1. The van der Waals surface area contributed by atoms with Gasteiger partial charge in [0.1, 0.15) is 5.78 Å². The fourth-order valence-corrected chi connectivity index (χ4v) is 6.22. The standard InChI is InChI=1S/C20H26O3/c1-19-8-6-12(21)10-16(19)17(23-3)11-13-14-4-5-18(22)20(14,2)9-7-15(13)19/h6,8,10,13-15,17H,4-5,7,9,11H2,1-3H3/t13-,14-,15-,17-,19+,20-/m0/s1. The molecule has 0 heterocycles. The number of methoxy groups -OCH3 is 1. The van der Waals surface area contributed by atoms with Crippen LogP contribution in [0.4, 0.5) is 0 Å². The van der Waals surface area contributed by atoms with Gasteiger partial charge in [-0.3, -0.25) is 9.59 Å². The van der Waals surface area contributed by atoms with Crippen molar-refractivity contribution in [3.63, 3.8) is 0 Å². The van der Waals surface area contributed by atoms with E-state index in [0.717, 1.165) is 37.7 Å². The summed E-state index contributed by atoms with van der Waals surface area (Å²) >= 11 is 0. The molecule has 0 aromatic heterocycles. The van der Waals surface area contributed by atoms with Crippen LogP contribution in [0, 0.1) is 28.6 Å². The topological polar surface area (TPSA) is 43.4 Å². The number of Topliss-reactive ketones (excluding diaryl/α,β-unsaturated/α-hetero) is 1. The van der Waals surface area contributed by atoms with E-state index in [4.69, 9.17) is 4.74 Å². The number of ketones is 2.